The first-order valence-corrected chi connectivity index (χ1v) is 11.2. The lowest BCUT2D eigenvalue weighted by Gasteiger charge is -2.37. The molecule has 182 valence electrons. The average molecular weight is 463 g/mol. The summed E-state index contributed by atoms with van der Waals surface area (Å²) in [4.78, 5) is 41.0. The molecule has 2 heterocycles. The Hall–Kier alpha value is -2.65. The fraction of sp³-hybridized carbons (Fsp3) is 0.625. The van der Waals surface area contributed by atoms with Gasteiger partial charge in [-0.1, -0.05) is 37.3 Å². The molecular weight excluding hydrogens is 428 g/mol. The number of nitrogens with zero attached hydrogens (tertiary/aromatic N) is 2. The standard InChI is InChI=1S/C24H34N2O7/c1-15(19(27)18-14-32-24(5,6)26(18)22(30)33-23(2,3)4)20(28)25-17(13-31-21(25)29)12-16-10-8-7-9-11-16/h7-11,15,17-19,27H,12-14H2,1-6H3/t15-,17+,18-,19+/m0/s1. The Morgan fingerprint density at radius 2 is 1.85 bits per heavy atom. The molecule has 3 rings (SSSR count). The molecule has 0 unspecified atom stereocenters. The molecule has 2 fully saturated rings. The molecule has 1 aromatic rings. The SMILES string of the molecule is C[C@H](C(=O)N1C(=O)OC[C@H]1Cc1ccccc1)[C@@H](O)[C@@H]1COC(C)(C)N1C(=O)OC(C)(C)C. The smallest absolute Gasteiger partial charge is 0.416 e. The number of hydrogen-bond acceptors (Lipinski definition) is 7. The molecule has 33 heavy (non-hydrogen) atoms. The topological polar surface area (TPSA) is 106 Å². The minimum absolute atomic E-state index is 0.0307. The third kappa shape index (κ3) is 5.47. The molecule has 1 aromatic carbocycles. The second-order valence-electron chi connectivity index (χ2n) is 10.1. The zero-order chi connectivity index (χ0) is 24.6. The highest BCUT2D eigenvalue weighted by Gasteiger charge is 2.51. The van der Waals surface area contributed by atoms with Gasteiger partial charge in [-0.25, -0.2) is 14.5 Å². The lowest BCUT2D eigenvalue weighted by Crippen LogP contribution is -2.56. The lowest BCUT2D eigenvalue weighted by atomic mass is 9.94. The molecule has 2 saturated heterocycles. The van der Waals surface area contributed by atoms with Crippen molar-refractivity contribution < 1.29 is 33.7 Å². The van der Waals surface area contributed by atoms with Gasteiger partial charge in [0.1, 0.15) is 17.9 Å². The van der Waals surface area contributed by atoms with Crippen molar-refractivity contribution in [2.45, 2.75) is 77.5 Å². The normalized spacial score (nSPS) is 24.4. The van der Waals surface area contributed by atoms with Crippen LogP contribution in [0.4, 0.5) is 9.59 Å². The van der Waals surface area contributed by atoms with Crippen LogP contribution >= 0.6 is 0 Å². The van der Waals surface area contributed by atoms with Crippen molar-refractivity contribution in [3.8, 4) is 0 Å². The molecule has 0 bridgehead atoms. The van der Waals surface area contributed by atoms with E-state index in [9.17, 15) is 19.5 Å². The molecule has 0 aliphatic carbocycles. The predicted molar refractivity (Wildman–Crippen MR) is 119 cm³/mol. The fourth-order valence-corrected chi connectivity index (χ4v) is 4.22. The zero-order valence-corrected chi connectivity index (χ0v) is 20.1. The minimum Gasteiger partial charge on any atom is -0.447 e. The van der Waals surface area contributed by atoms with Gasteiger partial charge in [-0.2, -0.15) is 0 Å². The summed E-state index contributed by atoms with van der Waals surface area (Å²) in [7, 11) is 0. The van der Waals surface area contributed by atoms with Crippen LogP contribution in [0, 0.1) is 5.92 Å². The van der Waals surface area contributed by atoms with Gasteiger partial charge < -0.3 is 19.3 Å². The van der Waals surface area contributed by atoms with Gasteiger partial charge in [-0.15, -0.1) is 0 Å². The van der Waals surface area contributed by atoms with Gasteiger partial charge in [0, 0.05) is 0 Å². The molecule has 9 heteroatoms. The summed E-state index contributed by atoms with van der Waals surface area (Å²) in [6.45, 7) is 10.3. The number of rotatable bonds is 5. The molecule has 9 nitrogen and oxygen atoms in total. The van der Waals surface area contributed by atoms with Gasteiger partial charge >= 0.3 is 12.2 Å². The van der Waals surface area contributed by atoms with E-state index in [1.807, 2.05) is 30.3 Å². The summed E-state index contributed by atoms with van der Waals surface area (Å²) in [6.07, 6.45) is -2.20. The molecule has 4 atom stereocenters. The van der Waals surface area contributed by atoms with Gasteiger partial charge in [0.25, 0.3) is 0 Å². The molecule has 1 N–H and O–H groups in total. The first-order valence-electron chi connectivity index (χ1n) is 11.2. The Labute approximate surface area is 194 Å². The van der Waals surface area contributed by atoms with E-state index in [-0.39, 0.29) is 13.2 Å². The van der Waals surface area contributed by atoms with Crippen molar-refractivity contribution in [3.05, 3.63) is 35.9 Å². The second-order valence-corrected chi connectivity index (χ2v) is 10.1. The quantitative estimate of drug-likeness (QED) is 0.717. The van der Waals surface area contributed by atoms with Crippen LogP contribution in [0.3, 0.4) is 0 Å². The van der Waals surface area contributed by atoms with Gasteiger partial charge in [0.2, 0.25) is 5.91 Å². The van der Waals surface area contributed by atoms with E-state index in [2.05, 4.69) is 0 Å². The van der Waals surface area contributed by atoms with Crippen LogP contribution in [0.15, 0.2) is 30.3 Å². The van der Waals surface area contributed by atoms with Crippen LogP contribution in [-0.2, 0) is 25.4 Å². The number of aliphatic hydroxyl groups is 1. The minimum atomic E-state index is -1.28. The molecule has 0 aromatic heterocycles. The first kappa shape index (κ1) is 25.0. The third-order valence-corrected chi connectivity index (χ3v) is 5.92. The van der Waals surface area contributed by atoms with Crippen molar-refractivity contribution in [3.63, 3.8) is 0 Å². The van der Waals surface area contributed by atoms with Crippen LogP contribution in [0.5, 0.6) is 0 Å². The summed E-state index contributed by atoms with van der Waals surface area (Å²) in [6, 6.07) is 8.21. The maximum absolute atomic E-state index is 13.3. The van der Waals surface area contributed by atoms with Gasteiger partial charge in [-0.3, -0.25) is 9.69 Å². The number of aliphatic hydroxyl groups excluding tert-OH is 1. The predicted octanol–water partition coefficient (Wildman–Crippen LogP) is 2.95. The average Bonchev–Trinajstić information content (AvgIpc) is 3.24. The Bertz CT molecular complexity index is 881. The summed E-state index contributed by atoms with van der Waals surface area (Å²) < 4.78 is 16.4. The van der Waals surface area contributed by atoms with E-state index in [4.69, 9.17) is 14.2 Å². The van der Waals surface area contributed by atoms with Crippen molar-refractivity contribution in [1.82, 2.24) is 9.80 Å². The summed E-state index contributed by atoms with van der Waals surface area (Å²) in [5, 5.41) is 11.1. The highest BCUT2D eigenvalue weighted by atomic mass is 16.6. The van der Waals surface area contributed by atoms with E-state index in [0.717, 1.165) is 10.5 Å². The van der Waals surface area contributed by atoms with E-state index >= 15 is 0 Å². The van der Waals surface area contributed by atoms with Crippen molar-refractivity contribution >= 4 is 18.1 Å². The molecule has 3 amide bonds. The third-order valence-electron chi connectivity index (χ3n) is 5.92. The summed E-state index contributed by atoms with van der Waals surface area (Å²) in [5.41, 5.74) is -0.802. The van der Waals surface area contributed by atoms with E-state index in [1.54, 1.807) is 34.6 Å². The van der Waals surface area contributed by atoms with Crippen LogP contribution in [0.25, 0.3) is 0 Å². The number of hydrogen-bond donors (Lipinski definition) is 1. The molecule has 0 spiro atoms. The second kappa shape index (κ2) is 9.30. The zero-order valence-electron chi connectivity index (χ0n) is 20.1. The number of cyclic esters (lactones) is 1. The Morgan fingerprint density at radius 3 is 2.45 bits per heavy atom. The van der Waals surface area contributed by atoms with Crippen LogP contribution in [-0.4, -0.2) is 75.7 Å². The largest absolute Gasteiger partial charge is 0.447 e. The Kier molecular flexibility index (Phi) is 7.04. The maximum Gasteiger partial charge on any atom is 0.416 e. The molecular formula is C24H34N2O7. The first-order chi connectivity index (χ1) is 15.3. The molecule has 0 radical (unpaired) electrons. The number of benzene rings is 1. The van der Waals surface area contributed by atoms with Crippen molar-refractivity contribution in [2.75, 3.05) is 13.2 Å². The lowest BCUT2D eigenvalue weighted by molar-refractivity contribution is -0.138. The number of imide groups is 1. The Balaban J connectivity index is 1.77. The van der Waals surface area contributed by atoms with Crippen LogP contribution in [0.1, 0.15) is 47.1 Å². The Morgan fingerprint density at radius 1 is 1.21 bits per heavy atom. The highest BCUT2D eigenvalue weighted by Crippen LogP contribution is 2.33. The van der Waals surface area contributed by atoms with Gasteiger partial charge in [-0.05, 0) is 46.6 Å². The van der Waals surface area contributed by atoms with Crippen molar-refractivity contribution in [2.24, 2.45) is 5.92 Å². The summed E-state index contributed by atoms with van der Waals surface area (Å²) >= 11 is 0. The number of ether oxygens (including phenoxy) is 3. The monoisotopic (exact) mass is 462 g/mol. The van der Waals surface area contributed by atoms with Gasteiger partial charge in [0.05, 0.1) is 30.7 Å². The highest BCUT2D eigenvalue weighted by molar-refractivity contribution is 5.95. The fourth-order valence-electron chi connectivity index (χ4n) is 4.22. The van der Waals surface area contributed by atoms with E-state index in [0.29, 0.717) is 6.42 Å². The number of carbonyl (C=O) groups is 3. The number of amides is 3. The van der Waals surface area contributed by atoms with Gasteiger partial charge in [0.15, 0.2) is 0 Å². The van der Waals surface area contributed by atoms with E-state index in [1.165, 1.54) is 11.8 Å². The molecule has 2 aliphatic rings. The molecule has 2 aliphatic heterocycles. The summed E-state index contributed by atoms with van der Waals surface area (Å²) in [5.74, 6) is -1.54. The number of carbonyl (C=O) groups excluding carboxylic acids is 3. The van der Waals surface area contributed by atoms with Crippen molar-refractivity contribution in [1.29, 1.82) is 0 Å². The van der Waals surface area contributed by atoms with Crippen LogP contribution in [0.2, 0.25) is 0 Å². The van der Waals surface area contributed by atoms with Crippen LogP contribution < -0.4 is 0 Å². The maximum atomic E-state index is 13.3. The molecule has 0 saturated carbocycles. The van der Waals surface area contributed by atoms with E-state index < -0.39 is 53.5 Å².